The van der Waals surface area contributed by atoms with E-state index in [0.29, 0.717) is 12.3 Å². The summed E-state index contributed by atoms with van der Waals surface area (Å²) in [6.45, 7) is 4.01. The van der Waals surface area contributed by atoms with Gasteiger partial charge in [0.1, 0.15) is 5.75 Å². The van der Waals surface area contributed by atoms with E-state index in [9.17, 15) is 9.59 Å². The summed E-state index contributed by atoms with van der Waals surface area (Å²) in [6.07, 6.45) is 0. The number of nitrogens with one attached hydrogen (secondary N) is 2. The van der Waals surface area contributed by atoms with Crippen LogP contribution in [0.15, 0.2) is 29.2 Å². The minimum atomic E-state index is -0.472. The Hall–Kier alpha value is -1.69. The minimum absolute atomic E-state index is 0.332. The number of hydrogen-bond acceptors (Lipinski definition) is 4. The smallest absolute Gasteiger partial charge is 0.321 e. The number of ether oxygens (including phenoxy) is 1. The highest BCUT2D eigenvalue weighted by atomic mass is 32.2. The highest BCUT2D eigenvalue weighted by Gasteiger charge is 2.18. The fourth-order valence-electron chi connectivity index (χ4n) is 1.38. The van der Waals surface area contributed by atoms with Crippen molar-refractivity contribution < 1.29 is 14.3 Å². The first kappa shape index (κ1) is 15.4. The first-order valence-electron chi connectivity index (χ1n) is 5.96. The summed E-state index contributed by atoms with van der Waals surface area (Å²) in [5, 5.41) is 4.41. The van der Waals surface area contributed by atoms with Crippen LogP contribution in [0.4, 0.5) is 4.79 Å². The molecule has 0 heterocycles. The number of carbonyl (C=O) groups is 2. The largest absolute Gasteiger partial charge is 0.496 e. The fraction of sp³-hybridized carbons (Fsp3) is 0.385. The van der Waals surface area contributed by atoms with Gasteiger partial charge in [-0.1, -0.05) is 12.1 Å². The van der Waals surface area contributed by atoms with Crippen LogP contribution in [0.2, 0.25) is 0 Å². The van der Waals surface area contributed by atoms with Gasteiger partial charge in [0.05, 0.1) is 17.3 Å². The Labute approximate surface area is 117 Å². The highest BCUT2D eigenvalue weighted by molar-refractivity contribution is 8.00. The van der Waals surface area contributed by atoms with E-state index in [1.165, 1.54) is 11.8 Å². The third-order valence-corrected chi connectivity index (χ3v) is 3.47. The van der Waals surface area contributed by atoms with E-state index < -0.39 is 6.03 Å². The summed E-state index contributed by atoms with van der Waals surface area (Å²) in [5.74, 6) is 0.381. The maximum atomic E-state index is 11.8. The second-order valence-corrected chi connectivity index (χ2v) is 5.14. The van der Waals surface area contributed by atoms with Crippen molar-refractivity contribution in [3.8, 4) is 5.75 Å². The lowest BCUT2D eigenvalue weighted by Gasteiger charge is -2.13. The Kier molecular flexibility index (Phi) is 6.21. The molecule has 1 aromatic rings. The zero-order valence-electron chi connectivity index (χ0n) is 11.2. The molecular weight excluding hydrogens is 264 g/mol. The molecule has 5 nitrogen and oxygen atoms in total. The molecule has 104 valence electrons. The number of methoxy groups -OCH3 is 1. The van der Waals surface area contributed by atoms with Gasteiger partial charge in [-0.25, -0.2) is 4.79 Å². The summed E-state index contributed by atoms with van der Waals surface area (Å²) in [5.41, 5.74) is 0. The molecule has 0 saturated heterocycles. The molecule has 1 rings (SSSR count). The SMILES string of the molecule is CCNC(=O)NC(=O)[C@@H](C)Sc1ccccc1OC. The molecule has 19 heavy (non-hydrogen) atoms. The average molecular weight is 282 g/mol. The Bertz CT molecular complexity index is 451. The fourth-order valence-corrected chi connectivity index (χ4v) is 2.35. The van der Waals surface area contributed by atoms with Crippen LogP contribution in [0.25, 0.3) is 0 Å². The van der Waals surface area contributed by atoms with Gasteiger partial charge in [0.15, 0.2) is 0 Å². The third kappa shape index (κ3) is 4.82. The normalized spacial score (nSPS) is 11.5. The van der Waals surface area contributed by atoms with E-state index in [1.807, 2.05) is 24.3 Å². The number of carbonyl (C=O) groups excluding carboxylic acids is 2. The average Bonchev–Trinajstić information content (AvgIpc) is 2.39. The molecule has 0 unspecified atom stereocenters. The van der Waals surface area contributed by atoms with Crippen molar-refractivity contribution in [2.24, 2.45) is 0 Å². The van der Waals surface area contributed by atoms with Crippen LogP contribution in [-0.2, 0) is 4.79 Å². The summed E-state index contributed by atoms with van der Waals surface area (Å²) in [4.78, 5) is 23.9. The monoisotopic (exact) mass is 282 g/mol. The number of para-hydroxylation sites is 1. The zero-order chi connectivity index (χ0) is 14.3. The number of imide groups is 1. The van der Waals surface area contributed by atoms with E-state index in [1.54, 1.807) is 21.0 Å². The molecule has 0 spiro atoms. The Morgan fingerprint density at radius 1 is 1.37 bits per heavy atom. The minimum Gasteiger partial charge on any atom is -0.496 e. The molecule has 6 heteroatoms. The first-order chi connectivity index (χ1) is 9.08. The van der Waals surface area contributed by atoms with Gasteiger partial charge in [-0.05, 0) is 26.0 Å². The molecule has 0 aliphatic rings. The van der Waals surface area contributed by atoms with Gasteiger partial charge in [0, 0.05) is 6.54 Å². The van der Waals surface area contributed by atoms with Crippen molar-refractivity contribution in [2.45, 2.75) is 24.0 Å². The number of hydrogen-bond donors (Lipinski definition) is 2. The van der Waals surface area contributed by atoms with Gasteiger partial charge in [-0.3, -0.25) is 10.1 Å². The topological polar surface area (TPSA) is 67.4 Å². The lowest BCUT2D eigenvalue weighted by molar-refractivity contribution is -0.119. The molecule has 1 atom stereocenters. The van der Waals surface area contributed by atoms with Gasteiger partial charge in [-0.15, -0.1) is 11.8 Å². The van der Waals surface area contributed by atoms with Gasteiger partial charge >= 0.3 is 6.03 Å². The number of benzene rings is 1. The van der Waals surface area contributed by atoms with Crippen molar-refractivity contribution in [3.05, 3.63) is 24.3 Å². The molecule has 2 N–H and O–H groups in total. The summed E-state index contributed by atoms with van der Waals surface area (Å²) >= 11 is 1.35. The van der Waals surface area contributed by atoms with E-state index in [0.717, 1.165) is 4.90 Å². The number of urea groups is 1. The van der Waals surface area contributed by atoms with Crippen molar-refractivity contribution in [1.82, 2.24) is 10.6 Å². The molecule has 0 bridgehead atoms. The van der Waals surface area contributed by atoms with Crippen molar-refractivity contribution in [3.63, 3.8) is 0 Å². The van der Waals surface area contributed by atoms with Gasteiger partial charge in [-0.2, -0.15) is 0 Å². The standard InChI is InChI=1S/C13H18N2O3S/c1-4-14-13(17)15-12(16)9(2)19-11-8-6-5-7-10(11)18-3/h5-9H,4H2,1-3H3,(H2,14,15,16,17)/t9-/m1/s1. The molecule has 0 aromatic heterocycles. The first-order valence-corrected chi connectivity index (χ1v) is 6.84. The van der Waals surface area contributed by atoms with Crippen LogP contribution < -0.4 is 15.4 Å². The van der Waals surface area contributed by atoms with Gasteiger partial charge in [0.25, 0.3) is 0 Å². The Morgan fingerprint density at radius 2 is 2.05 bits per heavy atom. The van der Waals surface area contributed by atoms with Crippen LogP contribution in [0.5, 0.6) is 5.75 Å². The summed E-state index contributed by atoms with van der Waals surface area (Å²) in [7, 11) is 1.58. The molecule has 0 aliphatic carbocycles. The molecule has 0 radical (unpaired) electrons. The molecule has 0 fully saturated rings. The summed E-state index contributed by atoms with van der Waals surface area (Å²) in [6, 6.07) is 6.97. The van der Waals surface area contributed by atoms with Gasteiger partial charge < -0.3 is 10.1 Å². The van der Waals surface area contributed by atoms with E-state index >= 15 is 0 Å². The van der Waals surface area contributed by atoms with Crippen molar-refractivity contribution in [1.29, 1.82) is 0 Å². The second kappa shape index (κ2) is 7.68. The van der Waals surface area contributed by atoms with Crippen LogP contribution >= 0.6 is 11.8 Å². The number of rotatable bonds is 5. The van der Waals surface area contributed by atoms with E-state index in [2.05, 4.69) is 10.6 Å². The maximum Gasteiger partial charge on any atom is 0.321 e. The van der Waals surface area contributed by atoms with E-state index in [-0.39, 0.29) is 11.2 Å². The van der Waals surface area contributed by atoms with Crippen LogP contribution in [0, 0.1) is 0 Å². The number of amides is 3. The van der Waals surface area contributed by atoms with Crippen LogP contribution in [-0.4, -0.2) is 30.8 Å². The van der Waals surface area contributed by atoms with Crippen molar-refractivity contribution >= 4 is 23.7 Å². The zero-order valence-corrected chi connectivity index (χ0v) is 12.0. The predicted octanol–water partition coefficient (Wildman–Crippen LogP) is 2.02. The lowest BCUT2D eigenvalue weighted by Crippen LogP contribution is -2.42. The third-order valence-electron chi connectivity index (χ3n) is 2.32. The lowest BCUT2D eigenvalue weighted by atomic mass is 10.3. The van der Waals surface area contributed by atoms with Crippen LogP contribution in [0.1, 0.15) is 13.8 Å². The second-order valence-electron chi connectivity index (χ2n) is 3.76. The quantitative estimate of drug-likeness (QED) is 0.811. The van der Waals surface area contributed by atoms with Gasteiger partial charge in [0.2, 0.25) is 5.91 Å². The maximum absolute atomic E-state index is 11.8. The van der Waals surface area contributed by atoms with E-state index in [4.69, 9.17) is 4.74 Å². The highest BCUT2D eigenvalue weighted by Crippen LogP contribution is 2.31. The molecule has 1 aromatic carbocycles. The molecule has 0 saturated carbocycles. The Morgan fingerprint density at radius 3 is 2.68 bits per heavy atom. The predicted molar refractivity (Wildman–Crippen MR) is 75.5 cm³/mol. The molecule has 0 aliphatic heterocycles. The summed E-state index contributed by atoms with van der Waals surface area (Å²) < 4.78 is 5.21. The van der Waals surface area contributed by atoms with Crippen LogP contribution in [0.3, 0.4) is 0 Å². The van der Waals surface area contributed by atoms with Crippen molar-refractivity contribution in [2.75, 3.05) is 13.7 Å². The Balaban J connectivity index is 2.61. The molecule has 3 amide bonds. The molecular formula is C13H18N2O3S. The number of thioether (sulfide) groups is 1.